The minimum Gasteiger partial charge on any atom is -0.481 e. The zero-order chi connectivity index (χ0) is 17.3. The zero-order valence-electron chi connectivity index (χ0n) is 11.3. The molecule has 2 aromatic rings. The molecule has 122 valence electrons. The van der Waals surface area contributed by atoms with Crippen LogP contribution in [0.4, 0.5) is 0 Å². The highest BCUT2D eigenvalue weighted by molar-refractivity contribution is 8.31. The van der Waals surface area contributed by atoms with Gasteiger partial charge in [0.05, 0.1) is 5.56 Å². The normalized spacial score (nSPS) is 10.0. The second kappa shape index (κ2) is 9.42. The second-order valence-electron chi connectivity index (χ2n) is 3.70. The van der Waals surface area contributed by atoms with Crippen molar-refractivity contribution in [2.24, 2.45) is 5.73 Å². The Morgan fingerprint density at radius 1 is 1.32 bits per heavy atom. The van der Waals surface area contributed by atoms with Crippen LogP contribution >= 0.6 is 21.4 Å². The summed E-state index contributed by atoms with van der Waals surface area (Å²) >= 11 is 0. The molecule has 0 spiro atoms. The molecule has 2 rings (SSSR count). The van der Waals surface area contributed by atoms with E-state index in [2.05, 4.69) is 21.4 Å². The van der Waals surface area contributed by atoms with Crippen LogP contribution in [0.2, 0.25) is 0 Å². The number of carbonyl (C=O) groups is 1. The van der Waals surface area contributed by atoms with Crippen LogP contribution < -0.4 is 11.4 Å². The Hall–Kier alpha value is -1.61. The van der Waals surface area contributed by atoms with Crippen LogP contribution in [-0.2, 0) is 19.6 Å². The molecule has 0 unspecified atom stereocenters. The Balaban J connectivity index is 0.000000411. The van der Waals surface area contributed by atoms with Crippen molar-refractivity contribution < 1.29 is 22.7 Å². The first kappa shape index (κ1) is 20.4. The third kappa shape index (κ3) is 10.2. The molecule has 0 saturated carbocycles. The lowest BCUT2D eigenvalue weighted by Gasteiger charge is -1.97. The van der Waals surface area contributed by atoms with E-state index in [0.29, 0.717) is 11.1 Å². The number of para-hydroxylation sites is 1. The molecule has 10 heteroatoms. The van der Waals surface area contributed by atoms with E-state index in [9.17, 15) is 4.79 Å². The van der Waals surface area contributed by atoms with Crippen molar-refractivity contribution in [3.8, 4) is 0 Å². The van der Waals surface area contributed by atoms with Crippen LogP contribution in [0.15, 0.2) is 39.5 Å². The highest BCUT2D eigenvalue weighted by Gasteiger charge is 2.01. The van der Waals surface area contributed by atoms with E-state index in [1.165, 1.54) is 0 Å². The minimum atomic E-state index is -3.72. The van der Waals surface area contributed by atoms with Crippen molar-refractivity contribution in [2.75, 3.05) is 0 Å². The van der Waals surface area contributed by atoms with Gasteiger partial charge in [0.15, 0.2) is 0 Å². The third-order valence-corrected chi connectivity index (χ3v) is 1.93. The first-order chi connectivity index (χ1) is 10.0. The van der Waals surface area contributed by atoms with Crippen molar-refractivity contribution in [1.29, 1.82) is 0 Å². The number of halogens is 2. The molecule has 1 aromatic heterocycles. The summed E-state index contributed by atoms with van der Waals surface area (Å²) in [6, 6.07) is 9.13. The van der Waals surface area contributed by atoms with Crippen LogP contribution in [0.3, 0.4) is 0 Å². The van der Waals surface area contributed by atoms with Gasteiger partial charge in [-0.05, 0) is 12.1 Å². The van der Waals surface area contributed by atoms with E-state index in [1.807, 2.05) is 18.2 Å². The van der Waals surface area contributed by atoms with E-state index in [1.54, 1.807) is 12.1 Å². The van der Waals surface area contributed by atoms with Gasteiger partial charge >= 0.3 is 13.9 Å². The van der Waals surface area contributed by atoms with Gasteiger partial charge in [-0.1, -0.05) is 18.2 Å². The van der Waals surface area contributed by atoms with Crippen LogP contribution in [0, 0.1) is 0 Å². The SMILES string of the molecule is CC(=O)O.NCc1cc2ccccc2oc1=O.O=S(=O)(Cl)Cl. The molecule has 0 amide bonds. The smallest absolute Gasteiger partial charge is 0.340 e. The lowest BCUT2D eigenvalue weighted by atomic mass is 10.2. The number of carboxylic acids is 1. The van der Waals surface area contributed by atoms with Gasteiger partial charge in [0.25, 0.3) is 5.97 Å². The number of hydrogen-bond acceptors (Lipinski definition) is 6. The molecule has 3 N–H and O–H groups in total. The number of hydrogen-bond donors (Lipinski definition) is 2. The summed E-state index contributed by atoms with van der Waals surface area (Å²) in [5.41, 5.74) is 6.15. The number of carboxylic acid groups (broad SMARTS) is 1. The van der Waals surface area contributed by atoms with Crippen molar-refractivity contribution >= 4 is 46.6 Å². The average Bonchev–Trinajstić information content (AvgIpc) is 2.35. The quantitative estimate of drug-likeness (QED) is 0.581. The Labute approximate surface area is 135 Å². The molecule has 0 radical (unpaired) electrons. The predicted molar refractivity (Wildman–Crippen MR) is 84.3 cm³/mol. The highest BCUT2D eigenvalue weighted by Crippen LogP contribution is 2.11. The fourth-order valence-corrected chi connectivity index (χ4v) is 1.25. The molecule has 7 nitrogen and oxygen atoms in total. The molecular weight excluding hydrogens is 357 g/mol. The Morgan fingerprint density at radius 3 is 2.23 bits per heavy atom. The van der Waals surface area contributed by atoms with Crippen molar-refractivity contribution in [1.82, 2.24) is 0 Å². The highest BCUT2D eigenvalue weighted by atomic mass is 36.0. The van der Waals surface area contributed by atoms with E-state index < -0.39 is 14.2 Å². The maximum atomic E-state index is 11.2. The average molecular weight is 370 g/mol. The summed E-state index contributed by atoms with van der Waals surface area (Å²) in [7, 11) is 4.81. The van der Waals surface area contributed by atoms with Crippen molar-refractivity contribution in [2.45, 2.75) is 13.5 Å². The Morgan fingerprint density at radius 2 is 1.77 bits per heavy atom. The first-order valence-electron chi connectivity index (χ1n) is 5.60. The summed E-state index contributed by atoms with van der Waals surface area (Å²) in [4.78, 5) is 20.2. The largest absolute Gasteiger partial charge is 0.481 e. The molecule has 1 aromatic carbocycles. The standard InChI is InChI=1S/C10H9NO2.C2H4O2.Cl2O2S/c11-6-8-5-7-3-1-2-4-9(7)13-10(8)12;1-2(3)4;1-5(2,3)4/h1-5H,6,11H2;1H3,(H,3,4);. The molecule has 0 bridgehead atoms. The Bertz CT molecular complexity index is 776. The van der Waals surface area contributed by atoms with Gasteiger partial charge in [0.1, 0.15) is 5.58 Å². The summed E-state index contributed by atoms with van der Waals surface area (Å²) in [6.07, 6.45) is 0. The topological polar surface area (TPSA) is 128 Å². The maximum Gasteiger partial charge on any atom is 0.340 e. The van der Waals surface area contributed by atoms with Crippen LogP contribution in [0.5, 0.6) is 0 Å². The van der Waals surface area contributed by atoms with Gasteiger partial charge in [-0.3, -0.25) is 4.79 Å². The lowest BCUT2D eigenvalue weighted by Crippen LogP contribution is -2.11. The van der Waals surface area contributed by atoms with Crippen molar-refractivity contribution in [3.05, 3.63) is 46.3 Å². The number of rotatable bonds is 1. The van der Waals surface area contributed by atoms with E-state index in [-0.39, 0.29) is 12.2 Å². The lowest BCUT2D eigenvalue weighted by molar-refractivity contribution is -0.134. The van der Waals surface area contributed by atoms with Gasteiger partial charge in [-0.15, -0.1) is 0 Å². The van der Waals surface area contributed by atoms with E-state index in [4.69, 9.17) is 28.5 Å². The fourth-order valence-electron chi connectivity index (χ4n) is 1.25. The van der Waals surface area contributed by atoms with E-state index >= 15 is 0 Å². The number of aliphatic carboxylic acids is 1. The molecule has 0 saturated heterocycles. The van der Waals surface area contributed by atoms with Gasteiger partial charge in [-0.2, -0.15) is 8.42 Å². The van der Waals surface area contributed by atoms with Gasteiger partial charge < -0.3 is 15.3 Å². The van der Waals surface area contributed by atoms with Crippen LogP contribution in [0.25, 0.3) is 11.0 Å². The van der Waals surface area contributed by atoms with Gasteiger partial charge in [0.2, 0.25) is 0 Å². The maximum absolute atomic E-state index is 11.2. The molecule has 0 fully saturated rings. The van der Waals surface area contributed by atoms with E-state index in [0.717, 1.165) is 12.3 Å². The molecule has 1 heterocycles. The first-order valence-corrected chi connectivity index (χ1v) is 8.73. The molecule has 22 heavy (non-hydrogen) atoms. The van der Waals surface area contributed by atoms with Gasteiger partial charge in [-0.25, -0.2) is 4.79 Å². The van der Waals surface area contributed by atoms with Gasteiger partial charge in [0, 0.05) is 40.2 Å². The number of nitrogens with two attached hydrogens (primary N) is 1. The predicted octanol–water partition coefficient (Wildman–Crippen LogP) is 2.05. The fraction of sp³-hybridized carbons (Fsp3) is 0.167. The van der Waals surface area contributed by atoms with Crippen LogP contribution in [-0.4, -0.2) is 19.5 Å². The summed E-state index contributed by atoms with van der Waals surface area (Å²) in [5, 5.41) is 8.32. The minimum absolute atomic E-state index is 0.215. The van der Waals surface area contributed by atoms with Crippen molar-refractivity contribution in [3.63, 3.8) is 0 Å². The summed E-state index contributed by atoms with van der Waals surface area (Å²) in [5.74, 6) is -0.833. The third-order valence-electron chi connectivity index (χ3n) is 1.93. The molecule has 0 atom stereocenters. The second-order valence-corrected chi connectivity index (χ2v) is 7.37. The number of benzene rings is 1. The molecule has 0 aliphatic heterocycles. The molecule has 0 aliphatic rings. The molecule has 0 aliphatic carbocycles. The number of fused-ring (bicyclic) bond motifs is 1. The molecular formula is C12H13Cl2NO6S. The monoisotopic (exact) mass is 369 g/mol. The van der Waals surface area contributed by atoms with Crippen LogP contribution in [0.1, 0.15) is 12.5 Å². The summed E-state index contributed by atoms with van der Waals surface area (Å²) < 4.78 is 23.4. The Kier molecular flexibility index (Phi) is 8.73. The summed E-state index contributed by atoms with van der Waals surface area (Å²) in [6.45, 7) is 1.30. The zero-order valence-corrected chi connectivity index (χ0v) is 13.7.